The zero-order valence-corrected chi connectivity index (χ0v) is 20.2. The van der Waals surface area contributed by atoms with E-state index in [9.17, 15) is 29.4 Å². The van der Waals surface area contributed by atoms with E-state index in [0.717, 1.165) is 10.9 Å². The summed E-state index contributed by atoms with van der Waals surface area (Å²) in [6, 6.07) is 2.46. The number of aliphatic carboxylic acids is 1. The molecule has 0 saturated carbocycles. The van der Waals surface area contributed by atoms with E-state index in [4.69, 9.17) is 5.73 Å². The van der Waals surface area contributed by atoms with Crippen LogP contribution < -0.4 is 21.7 Å². The van der Waals surface area contributed by atoms with Crippen molar-refractivity contribution in [3.8, 4) is 0 Å². The second-order valence-corrected chi connectivity index (χ2v) is 8.45. The number of aliphatic hydroxyl groups excluding tert-OH is 1. The van der Waals surface area contributed by atoms with E-state index in [1.165, 1.54) is 6.92 Å². The van der Waals surface area contributed by atoms with Gasteiger partial charge in [0.05, 0.1) is 12.1 Å². The van der Waals surface area contributed by atoms with Gasteiger partial charge >= 0.3 is 5.97 Å². The summed E-state index contributed by atoms with van der Waals surface area (Å²) in [6.45, 7) is 1.29. The molecule has 1 aromatic heterocycles. The lowest BCUT2D eigenvalue weighted by molar-refractivity contribution is -0.142. The van der Waals surface area contributed by atoms with E-state index in [1.54, 1.807) is 6.20 Å². The van der Waals surface area contributed by atoms with E-state index in [1.807, 2.05) is 24.3 Å². The lowest BCUT2D eigenvalue weighted by Crippen LogP contribution is -2.60. The second-order valence-electron chi connectivity index (χ2n) is 7.72. The Morgan fingerprint density at radius 2 is 1.65 bits per heavy atom. The Kier molecular flexibility index (Phi) is 10.2. The van der Waals surface area contributed by atoms with E-state index in [0.29, 0.717) is 5.56 Å². The number of para-hydroxylation sites is 1. The van der Waals surface area contributed by atoms with Crippen LogP contribution in [0, 0.1) is 0 Å². The van der Waals surface area contributed by atoms with Gasteiger partial charge in [0.1, 0.15) is 18.1 Å². The van der Waals surface area contributed by atoms with Gasteiger partial charge in [-0.3, -0.25) is 14.4 Å². The Bertz CT molecular complexity index is 1030. The monoisotopic (exact) mass is 511 g/mol. The van der Waals surface area contributed by atoms with Crippen molar-refractivity contribution in [2.75, 3.05) is 11.5 Å². The van der Waals surface area contributed by atoms with E-state index >= 15 is 0 Å². The number of carboxylic acids is 1. The molecule has 3 amide bonds. The molecule has 1 aromatic carbocycles. The van der Waals surface area contributed by atoms with Gasteiger partial charge in [-0.1, -0.05) is 18.2 Å². The largest absolute Gasteiger partial charge is 0.480 e. The summed E-state index contributed by atoms with van der Waals surface area (Å²) in [5, 5.41) is 27.5. The van der Waals surface area contributed by atoms with Crippen LogP contribution in [0.1, 0.15) is 12.5 Å². The fraction of sp³-hybridized carbons (Fsp3) is 0.429. The van der Waals surface area contributed by atoms with Gasteiger partial charge in [0, 0.05) is 35.0 Å². The minimum absolute atomic E-state index is 0.00625. The smallest absolute Gasteiger partial charge is 0.326 e. The molecule has 2 rings (SSSR count). The standard InChI is InChI=1S/C21H29N5O6S2/c1-10(27)17(26-18(28)13(22)8-33)20(30)25-16(9-34)19(29)24-15(21(31)32)6-11-7-23-14-5-3-2-4-12(11)14/h2-5,7,10,13,15-17,23,27,33-34H,6,8-9,22H2,1H3,(H,24,29)(H,25,30)(H,26,28)(H,31,32). The number of amides is 3. The first-order valence-corrected chi connectivity index (χ1v) is 11.7. The van der Waals surface area contributed by atoms with Gasteiger partial charge in [0.15, 0.2) is 0 Å². The summed E-state index contributed by atoms with van der Waals surface area (Å²) in [5.74, 6) is -3.72. The number of carbonyl (C=O) groups is 4. The molecule has 8 N–H and O–H groups in total. The predicted octanol–water partition coefficient (Wildman–Crippen LogP) is -1.18. The Morgan fingerprint density at radius 1 is 1.00 bits per heavy atom. The highest BCUT2D eigenvalue weighted by atomic mass is 32.1. The van der Waals surface area contributed by atoms with Crippen molar-refractivity contribution in [3.63, 3.8) is 0 Å². The third-order valence-electron chi connectivity index (χ3n) is 5.13. The van der Waals surface area contributed by atoms with Gasteiger partial charge in [-0.2, -0.15) is 25.3 Å². The number of carbonyl (C=O) groups excluding carboxylic acids is 3. The maximum absolute atomic E-state index is 12.8. The minimum atomic E-state index is -1.39. The number of benzene rings is 1. The molecule has 0 fully saturated rings. The van der Waals surface area contributed by atoms with Crippen molar-refractivity contribution < 1.29 is 29.4 Å². The third kappa shape index (κ3) is 7.13. The molecule has 11 nitrogen and oxygen atoms in total. The van der Waals surface area contributed by atoms with E-state index in [2.05, 4.69) is 46.2 Å². The highest BCUT2D eigenvalue weighted by Crippen LogP contribution is 2.19. The first kappa shape index (κ1) is 27.5. The van der Waals surface area contributed by atoms with E-state index < -0.39 is 54.0 Å². The number of rotatable bonds is 12. The van der Waals surface area contributed by atoms with Crippen LogP contribution in [0.2, 0.25) is 0 Å². The maximum Gasteiger partial charge on any atom is 0.326 e. The summed E-state index contributed by atoms with van der Waals surface area (Å²) in [4.78, 5) is 52.3. The molecule has 0 spiro atoms. The first-order valence-electron chi connectivity index (χ1n) is 10.4. The molecule has 0 aliphatic carbocycles. The second kappa shape index (κ2) is 12.6. The lowest BCUT2D eigenvalue weighted by atomic mass is 10.0. The first-order chi connectivity index (χ1) is 16.1. The molecule has 0 saturated heterocycles. The average molecular weight is 512 g/mol. The lowest BCUT2D eigenvalue weighted by Gasteiger charge is -2.25. The van der Waals surface area contributed by atoms with Crippen LogP contribution in [0.15, 0.2) is 30.5 Å². The Labute approximate surface area is 207 Å². The zero-order valence-electron chi connectivity index (χ0n) is 18.4. The van der Waals surface area contributed by atoms with Crippen molar-refractivity contribution in [1.82, 2.24) is 20.9 Å². The van der Waals surface area contributed by atoms with Crippen LogP contribution in [-0.4, -0.2) is 80.7 Å². The number of H-pyrrole nitrogens is 1. The molecule has 0 aliphatic rings. The number of hydrogen-bond acceptors (Lipinski definition) is 8. The normalized spacial score (nSPS) is 15.6. The fourth-order valence-electron chi connectivity index (χ4n) is 3.20. The molecule has 186 valence electrons. The number of hydrogen-bond donors (Lipinski definition) is 9. The van der Waals surface area contributed by atoms with Crippen LogP contribution in [0.4, 0.5) is 0 Å². The van der Waals surface area contributed by atoms with Crippen molar-refractivity contribution in [2.45, 2.75) is 43.6 Å². The number of carboxylic acid groups (broad SMARTS) is 1. The topological polar surface area (TPSA) is 187 Å². The molecule has 1 heterocycles. The third-order valence-corrected chi connectivity index (χ3v) is 5.88. The zero-order chi connectivity index (χ0) is 25.4. The maximum atomic E-state index is 12.8. The molecule has 0 bridgehead atoms. The Morgan fingerprint density at radius 3 is 2.24 bits per heavy atom. The van der Waals surface area contributed by atoms with Crippen molar-refractivity contribution in [3.05, 3.63) is 36.0 Å². The minimum Gasteiger partial charge on any atom is -0.480 e. The highest BCUT2D eigenvalue weighted by Gasteiger charge is 2.32. The number of nitrogens with two attached hydrogens (primary N) is 1. The molecule has 0 radical (unpaired) electrons. The van der Waals surface area contributed by atoms with Crippen LogP contribution in [0.3, 0.4) is 0 Å². The van der Waals surface area contributed by atoms with Gasteiger partial charge in [0.2, 0.25) is 17.7 Å². The van der Waals surface area contributed by atoms with Crippen molar-refractivity contribution in [2.24, 2.45) is 5.73 Å². The van der Waals surface area contributed by atoms with Gasteiger partial charge in [-0.25, -0.2) is 4.79 Å². The summed E-state index contributed by atoms with van der Waals surface area (Å²) < 4.78 is 0. The van der Waals surface area contributed by atoms with Gasteiger partial charge in [-0.15, -0.1) is 0 Å². The molecule has 5 unspecified atom stereocenters. The summed E-state index contributed by atoms with van der Waals surface area (Å²) >= 11 is 7.99. The van der Waals surface area contributed by atoms with Crippen molar-refractivity contribution in [1.29, 1.82) is 0 Å². The Balaban J connectivity index is 2.09. The fourth-order valence-corrected chi connectivity index (χ4v) is 3.62. The molecular formula is C21H29N5O6S2. The number of aromatic amines is 1. The summed E-state index contributed by atoms with van der Waals surface area (Å²) in [6.07, 6.45) is 0.385. The summed E-state index contributed by atoms with van der Waals surface area (Å²) in [7, 11) is 0. The van der Waals surface area contributed by atoms with Crippen LogP contribution in [0.5, 0.6) is 0 Å². The number of fused-ring (bicyclic) bond motifs is 1. The molecule has 13 heteroatoms. The predicted molar refractivity (Wildman–Crippen MR) is 133 cm³/mol. The molecule has 2 aromatic rings. The quantitative estimate of drug-likeness (QED) is 0.160. The average Bonchev–Trinajstić information content (AvgIpc) is 3.21. The van der Waals surface area contributed by atoms with E-state index in [-0.39, 0.29) is 17.9 Å². The SMILES string of the molecule is CC(O)C(NC(=O)C(N)CS)C(=O)NC(CS)C(=O)NC(Cc1c[nH]c2ccccc12)C(=O)O. The number of aromatic nitrogens is 1. The summed E-state index contributed by atoms with van der Waals surface area (Å²) in [5.41, 5.74) is 7.11. The molecule has 5 atom stereocenters. The van der Waals surface area contributed by atoms with Gasteiger partial charge in [-0.05, 0) is 18.6 Å². The highest BCUT2D eigenvalue weighted by molar-refractivity contribution is 7.80. The Hall–Kier alpha value is -2.74. The molecule has 0 aliphatic heterocycles. The number of nitrogens with one attached hydrogen (secondary N) is 4. The van der Waals surface area contributed by atoms with Crippen LogP contribution >= 0.6 is 25.3 Å². The van der Waals surface area contributed by atoms with Gasteiger partial charge < -0.3 is 36.9 Å². The van der Waals surface area contributed by atoms with Crippen LogP contribution in [0.25, 0.3) is 10.9 Å². The number of thiol groups is 2. The molecular weight excluding hydrogens is 482 g/mol. The number of aliphatic hydroxyl groups is 1. The van der Waals surface area contributed by atoms with Crippen molar-refractivity contribution >= 4 is 59.9 Å². The van der Waals surface area contributed by atoms with Gasteiger partial charge in [0.25, 0.3) is 0 Å². The van der Waals surface area contributed by atoms with Crippen LogP contribution in [-0.2, 0) is 25.6 Å². The molecule has 34 heavy (non-hydrogen) atoms.